The number of rotatable bonds is 39. The zero-order valence-corrected chi connectivity index (χ0v) is 31.8. The van der Waals surface area contributed by atoms with Crippen LogP contribution in [0.25, 0.3) is 0 Å². The van der Waals surface area contributed by atoms with E-state index in [1.165, 1.54) is 218 Å². The largest absolute Gasteiger partial charge is 0.466 e. The zero-order valence-electron chi connectivity index (χ0n) is 31.8. The van der Waals surface area contributed by atoms with Crippen LogP contribution in [0.1, 0.15) is 258 Å². The van der Waals surface area contributed by atoms with Crippen LogP contribution in [0.15, 0.2) is 0 Å². The van der Waals surface area contributed by atoms with Gasteiger partial charge in [0.05, 0.1) is 6.61 Å². The molecule has 0 saturated carbocycles. The quantitative estimate of drug-likeness (QED) is 0.0497. The van der Waals surface area contributed by atoms with Gasteiger partial charge < -0.3 is 4.74 Å². The standard InChI is InChI=1S/C43H86O2/c1-4-5-6-7-8-9-10-11-12-13-14-15-16-17-18-19-22-25-28-31-34-37-40-43(44)45-41-38-35-32-29-26-23-20-21-24-27-30-33-36-39-42(2)3/h42H,4-41H2,1-3H3. The monoisotopic (exact) mass is 635 g/mol. The molecular weight excluding hydrogens is 548 g/mol. The van der Waals surface area contributed by atoms with E-state index in [1.807, 2.05) is 0 Å². The van der Waals surface area contributed by atoms with Crippen molar-refractivity contribution in [2.24, 2.45) is 5.92 Å². The fourth-order valence-corrected chi connectivity index (χ4v) is 6.74. The third-order valence-electron chi connectivity index (χ3n) is 9.92. The Kier molecular flexibility index (Phi) is 39.2. The molecule has 0 heterocycles. The van der Waals surface area contributed by atoms with Crippen molar-refractivity contribution in [3.8, 4) is 0 Å². The lowest BCUT2D eigenvalue weighted by Gasteiger charge is -2.06. The molecule has 0 aromatic heterocycles. The Balaban J connectivity index is 3.14. The molecule has 0 aliphatic rings. The van der Waals surface area contributed by atoms with Crippen molar-refractivity contribution >= 4 is 5.97 Å². The van der Waals surface area contributed by atoms with Crippen LogP contribution in [0.3, 0.4) is 0 Å². The molecule has 0 unspecified atom stereocenters. The fraction of sp³-hybridized carbons (Fsp3) is 0.977. The molecule has 0 aromatic rings. The van der Waals surface area contributed by atoms with E-state index >= 15 is 0 Å². The molecule has 0 saturated heterocycles. The van der Waals surface area contributed by atoms with Crippen molar-refractivity contribution in [3.05, 3.63) is 0 Å². The Labute approximate surface area is 285 Å². The second-order valence-corrected chi connectivity index (χ2v) is 15.2. The van der Waals surface area contributed by atoms with Crippen LogP contribution in [0.4, 0.5) is 0 Å². The lowest BCUT2D eigenvalue weighted by molar-refractivity contribution is -0.143. The summed E-state index contributed by atoms with van der Waals surface area (Å²) < 4.78 is 5.47. The summed E-state index contributed by atoms with van der Waals surface area (Å²) in [4.78, 5) is 12.0. The maximum atomic E-state index is 12.0. The van der Waals surface area contributed by atoms with Crippen molar-refractivity contribution in [2.45, 2.75) is 258 Å². The molecule has 45 heavy (non-hydrogen) atoms. The Hall–Kier alpha value is -0.530. The summed E-state index contributed by atoms with van der Waals surface area (Å²) in [5.41, 5.74) is 0. The highest BCUT2D eigenvalue weighted by atomic mass is 16.5. The van der Waals surface area contributed by atoms with Gasteiger partial charge in [0.1, 0.15) is 0 Å². The zero-order chi connectivity index (χ0) is 32.7. The minimum atomic E-state index is 0.0306. The van der Waals surface area contributed by atoms with Gasteiger partial charge in [0.15, 0.2) is 0 Å². The van der Waals surface area contributed by atoms with E-state index in [9.17, 15) is 4.79 Å². The van der Waals surface area contributed by atoms with Gasteiger partial charge >= 0.3 is 5.97 Å². The van der Waals surface area contributed by atoms with Gasteiger partial charge in [-0.25, -0.2) is 0 Å². The van der Waals surface area contributed by atoms with E-state index in [0.29, 0.717) is 13.0 Å². The van der Waals surface area contributed by atoms with Gasteiger partial charge in [-0.3, -0.25) is 4.79 Å². The third-order valence-corrected chi connectivity index (χ3v) is 9.92. The second-order valence-electron chi connectivity index (χ2n) is 15.2. The molecule has 0 atom stereocenters. The van der Waals surface area contributed by atoms with Crippen LogP contribution in [0, 0.1) is 5.92 Å². The summed E-state index contributed by atoms with van der Waals surface area (Å²) in [6.45, 7) is 7.60. The number of hydrogen-bond acceptors (Lipinski definition) is 2. The van der Waals surface area contributed by atoms with Crippen LogP contribution in [0.2, 0.25) is 0 Å². The van der Waals surface area contributed by atoms with Gasteiger partial charge in [-0.05, 0) is 18.8 Å². The van der Waals surface area contributed by atoms with E-state index < -0.39 is 0 Å². The predicted octanol–water partition coefficient (Wildman–Crippen LogP) is 15.6. The van der Waals surface area contributed by atoms with Crippen molar-refractivity contribution in [1.82, 2.24) is 0 Å². The summed E-state index contributed by atoms with van der Waals surface area (Å²) in [5.74, 6) is 0.904. The second kappa shape index (κ2) is 39.6. The predicted molar refractivity (Wildman–Crippen MR) is 202 cm³/mol. The number of carbonyl (C=O) groups is 1. The van der Waals surface area contributed by atoms with Crippen molar-refractivity contribution in [2.75, 3.05) is 6.61 Å². The smallest absolute Gasteiger partial charge is 0.305 e. The van der Waals surface area contributed by atoms with Crippen molar-refractivity contribution in [3.63, 3.8) is 0 Å². The highest BCUT2D eigenvalue weighted by Gasteiger charge is 2.03. The molecule has 0 rings (SSSR count). The Bertz CT molecular complexity index is 542. The molecule has 0 aromatic carbocycles. The van der Waals surface area contributed by atoms with E-state index in [2.05, 4.69) is 20.8 Å². The molecule has 2 nitrogen and oxygen atoms in total. The fourth-order valence-electron chi connectivity index (χ4n) is 6.74. The molecule has 2 heteroatoms. The van der Waals surface area contributed by atoms with Crippen LogP contribution in [0.5, 0.6) is 0 Å². The van der Waals surface area contributed by atoms with Crippen LogP contribution >= 0.6 is 0 Å². The number of carbonyl (C=O) groups excluding carboxylic acids is 1. The summed E-state index contributed by atoms with van der Waals surface area (Å²) >= 11 is 0. The first-order chi connectivity index (χ1) is 22.2. The highest BCUT2D eigenvalue weighted by Crippen LogP contribution is 2.17. The number of hydrogen-bond donors (Lipinski definition) is 0. The maximum Gasteiger partial charge on any atom is 0.305 e. The van der Waals surface area contributed by atoms with Gasteiger partial charge in [-0.1, -0.05) is 239 Å². The van der Waals surface area contributed by atoms with Gasteiger partial charge in [0.2, 0.25) is 0 Å². The lowest BCUT2D eigenvalue weighted by atomic mass is 10.0. The summed E-state index contributed by atoms with van der Waals surface area (Å²) in [7, 11) is 0. The van der Waals surface area contributed by atoms with Crippen LogP contribution in [-0.4, -0.2) is 12.6 Å². The third kappa shape index (κ3) is 41.4. The normalized spacial score (nSPS) is 11.6. The molecule has 0 N–H and O–H groups in total. The Morgan fingerprint density at radius 2 is 0.644 bits per heavy atom. The lowest BCUT2D eigenvalue weighted by Crippen LogP contribution is -2.05. The van der Waals surface area contributed by atoms with E-state index in [4.69, 9.17) is 4.74 Å². The molecule has 0 spiro atoms. The SMILES string of the molecule is CCCCCCCCCCCCCCCCCCCCCCCCC(=O)OCCCCCCCCCCCCCCCC(C)C. The molecule has 0 aliphatic carbocycles. The first-order valence-corrected chi connectivity index (χ1v) is 21.3. The minimum absolute atomic E-state index is 0.0306. The molecule has 0 bridgehead atoms. The number of unbranched alkanes of at least 4 members (excludes halogenated alkanes) is 33. The number of esters is 1. The van der Waals surface area contributed by atoms with E-state index in [-0.39, 0.29) is 5.97 Å². The molecule has 0 aliphatic heterocycles. The average Bonchev–Trinajstić information content (AvgIpc) is 3.03. The average molecular weight is 635 g/mol. The molecule has 0 radical (unpaired) electrons. The maximum absolute atomic E-state index is 12.0. The molecule has 0 fully saturated rings. The highest BCUT2D eigenvalue weighted by molar-refractivity contribution is 5.69. The Morgan fingerprint density at radius 3 is 0.956 bits per heavy atom. The molecular formula is C43H86O2. The van der Waals surface area contributed by atoms with Crippen molar-refractivity contribution in [1.29, 1.82) is 0 Å². The van der Waals surface area contributed by atoms with Crippen molar-refractivity contribution < 1.29 is 9.53 Å². The molecule has 270 valence electrons. The first-order valence-electron chi connectivity index (χ1n) is 21.3. The summed E-state index contributed by atoms with van der Waals surface area (Å²) in [6.07, 6.45) is 50.5. The van der Waals surface area contributed by atoms with E-state index in [0.717, 1.165) is 18.8 Å². The topological polar surface area (TPSA) is 26.3 Å². The van der Waals surface area contributed by atoms with Gasteiger partial charge in [0.25, 0.3) is 0 Å². The Morgan fingerprint density at radius 1 is 0.378 bits per heavy atom. The number of ether oxygens (including phenoxy) is 1. The minimum Gasteiger partial charge on any atom is -0.466 e. The van der Waals surface area contributed by atoms with Gasteiger partial charge in [-0.2, -0.15) is 0 Å². The molecule has 0 amide bonds. The summed E-state index contributed by atoms with van der Waals surface area (Å²) in [6, 6.07) is 0. The first kappa shape index (κ1) is 44.5. The van der Waals surface area contributed by atoms with Crippen LogP contribution < -0.4 is 0 Å². The van der Waals surface area contributed by atoms with Crippen LogP contribution in [-0.2, 0) is 9.53 Å². The van der Waals surface area contributed by atoms with Gasteiger partial charge in [0, 0.05) is 6.42 Å². The van der Waals surface area contributed by atoms with Gasteiger partial charge in [-0.15, -0.1) is 0 Å². The van der Waals surface area contributed by atoms with E-state index in [1.54, 1.807) is 0 Å². The summed E-state index contributed by atoms with van der Waals surface area (Å²) in [5, 5.41) is 0.